The van der Waals surface area contributed by atoms with Crippen molar-refractivity contribution in [3.05, 3.63) is 59.7 Å². The maximum Gasteiger partial charge on any atom is 0.253 e. The first-order valence-electron chi connectivity index (χ1n) is 12.8. The average Bonchev–Trinajstić information content (AvgIpc) is 2.89. The Morgan fingerprint density at radius 2 is 1.40 bits per heavy atom. The van der Waals surface area contributed by atoms with Crippen LogP contribution in [-0.2, 0) is 4.79 Å². The van der Waals surface area contributed by atoms with Gasteiger partial charge < -0.3 is 20.9 Å². The van der Waals surface area contributed by atoms with E-state index in [9.17, 15) is 14.4 Å². The van der Waals surface area contributed by atoms with Crippen molar-refractivity contribution in [2.75, 3.05) is 30.3 Å². The summed E-state index contributed by atoms with van der Waals surface area (Å²) in [6, 6.07) is 14.5. The number of anilines is 2. The van der Waals surface area contributed by atoms with E-state index in [4.69, 9.17) is 0 Å². The van der Waals surface area contributed by atoms with Gasteiger partial charge in [-0.15, -0.1) is 0 Å². The van der Waals surface area contributed by atoms with Crippen molar-refractivity contribution >= 4 is 29.1 Å². The second-order valence-electron chi connectivity index (χ2n) is 9.84. The van der Waals surface area contributed by atoms with E-state index in [-0.39, 0.29) is 30.3 Å². The normalized spacial score (nSPS) is 17.0. The van der Waals surface area contributed by atoms with Crippen molar-refractivity contribution in [3.8, 4) is 0 Å². The molecule has 1 saturated carbocycles. The molecule has 0 radical (unpaired) electrons. The van der Waals surface area contributed by atoms with E-state index in [0.29, 0.717) is 22.7 Å². The van der Waals surface area contributed by atoms with Gasteiger partial charge in [-0.3, -0.25) is 14.4 Å². The van der Waals surface area contributed by atoms with Crippen LogP contribution < -0.4 is 16.0 Å². The average molecular weight is 477 g/mol. The van der Waals surface area contributed by atoms with Crippen LogP contribution in [0.1, 0.15) is 72.6 Å². The third kappa shape index (κ3) is 7.07. The Morgan fingerprint density at radius 1 is 0.800 bits per heavy atom. The van der Waals surface area contributed by atoms with Crippen LogP contribution in [0.15, 0.2) is 48.5 Å². The van der Waals surface area contributed by atoms with Gasteiger partial charge >= 0.3 is 0 Å². The van der Waals surface area contributed by atoms with Crippen LogP contribution in [0.25, 0.3) is 0 Å². The van der Waals surface area contributed by atoms with Gasteiger partial charge in [-0.2, -0.15) is 0 Å². The minimum Gasteiger partial charge on any atom is -0.376 e. The zero-order valence-electron chi connectivity index (χ0n) is 20.5. The number of carbonyl (C=O) groups excluding carboxylic acids is 3. The van der Waals surface area contributed by atoms with E-state index >= 15 is 0 Å². The zero-order chi connectivity index (χ0) is 24.6. The maximum atomic E-state index is 12.7. The molecule has 186 valence electrons. The second-order valence-corrected chi connectivity index (χ2v) is 9.84. The Bertz CT molecular complexity index is 1010. The fourth-order valence-corrected chi connectivity index (χ4v) is 4.73. The number of hydrogen-bond acceptors (Lipinski definition) is 4. The summed E-state index contributed by atoms with van der Waals surface area (Å²) in [5.74, 6) is 0.498. The van der Waals surface area contributed by atoms with Gasteiger partial charge in [0.05, 0.1) is 6.54 Å². The molecule has 0 atom stereocenters. The molecule has 2 aromatic rings. The first kappa shape index (κ1) is 24.8. The van der Waals surface area contributed by atoms with Gasteiger partial charge in [-0.05, 0) is 80.1 Å². The lowest BCUT2D eigenvalue weighted by Crippen LogP contribution is -2.37. The van der Waals surface area contributed by atoms with Crippen LogP contribution in [0.3, 0.4) is 0 Å². The highest BCUT2D eigenvalue weighted by Gasteiger charge is 2.21. The van der Waals surface area contributed by atoms with Gasteiger partial charge in [-0.25, -0.2) is 0 Å². The van der Waals surface area contributed by atoms with Crippen LogP contribution >= 0.6 is 0 Å². The number of likely N-dealkylation sites (tertiary alicyclic amines) is 1. The molecule has 0 unspecified atom stereocenters. The smallest absolute Gasteiger partial charge is 0.253 e. The second kappa shape index (κ2) is 11.9. The van der Waals surface area contributed by atoms with Crippen LogP contribution in [0.4, 0.5) is 11.4 Å². The number of amides is 3. The Kier molecular flexibility index (Phi) is 8.40. The quantitative estimate of drug-likeness (QED) is 0.542. The standard InChI is InChI=1S/C28H36N4O3/c1-20-15-17-32(18-16-20)28(35)22-9-11-23(12-10-22)29-19-26(33)30-25-13-7-21(8-14-25)27(34)31-24-5-3-2-4-6-24/h7-14,20,24,29H,2-6,15-19H2,1H3,(H,30,33)(H,31,34). The van der Waals surface area contributed by atoms with E-state index in [1.165, 1.54) is 19.3 Å². The fourth-order valence-electron chi connectivity index (χ4n) is 4.73. The SMILES string of the molecule is CC1CCN(C(=O)c2ccc(NCC(=O)Nc3ccc(C(=O)NC4CCCCC4)cc3)cc2)CC1. The predicted octanol–water partition coefficient (Wildman–Crippen LogP) is 4.67. The molecule has 1 heterocycles. The molecule has 1 aliphatic carbocycles. The molecular weight excluding hydrogens is 440 g/mol. The van der Waals surface area contributed by atoms with Gasteiger partial charge in [0, 0.05) is 41.6 Å². The number of piperidine rings is 1. The molecule has 3 amide bonds. The Morgan fingerprint density at radius 3 is 2.06 bits per heavy atom. The monoisotopic (exact) mass is 476 g/mol. The summed E-state index contributed by atoms with van der Waals surface area (Å²) >= 11 is 0. The molecule has 1 saturated heterocycles. The highest BCUT2D eigenvalue weighted by Crippen LogP contribution is 2.20. The fraction of sp³-hybridized carbons (Fsp3) is 0.464. The number of rotatable bonds is 7. The Balaban J connectivity index is 1.21. The number of carbonyl (C=O) groups is 3. The molecule has 0 spiro atoms. The molecule has 1 aliphatic heterocycles. The van der Waals surface area contributed by atoms with E-state index in [2.05, 4.69) is 22.9 Å². The third-order valence-corrected chi connectivity index (χ3v) is 7.03. The topological polar surface area (TPSA) is 90.5 Å². The van der Waals surface area contributed by atoms with Crippen molar-refractivity contribution in [1.82, 2.24) is 10.2 Å². The van der Waals surface area contributed by atoms with Gasteiger partial charge in [0.2, 0.25) is 5.91 Å². The highest BCUT2D eigenvalue weighted by molar-refractivity contribution is 5.97. The lowest BCUT2D eigenvalue weighted by molar-refractivity contribution is -0.114. The molecule has 3 N–H and O–H groups in total. The van der Waals surface area contributed by atoms with Crippen LogP contribution in [0.2, 0.25) is 0 Å². The molecule has 2 aliphatic rings. The summed E-state index contributed by atoms with van der Waals surface area (Å²) in [4.78, 5) is 39.4. The van der Waals surface area contributed by atoms with Crippen LogP contribution in [0.5, 0.6) is 0 Å². The van der Waals surface area contributed by atoms with Crippen LogP contribution in [0, 0.1) is 5.92 Å². The first-order valence-corrected chi connectivity index (χ1v) is 12.8. The summed E-state index contributed by atoms with van der Waals surface area (Å²) in [6.45, 7) is 3.95. The number of nitrogens with one attached hydrogen (secondary N) is 3. The van der Waals surface area contributed by atoms with Crippen molar-refractivity contribution in [2.45, 2.75) is 57.9 Å². The lowest BCUT2D eigenvalue weighted by Gasteiger charge is -2.30. The molecule has 2 aromatic carbocycles. The minimum absolute atomic E-state index is 0.0618. The predicted molar refractivity (Wildman–Crippen MR) is 139 cm³/mol. The summed E-state index contributed by atoms with van der Waals surface area (Å²) in [6.07, 6.45) is 7.79. The highest BCUT2D eigenvalue weighted by atomic mass is 16.2. The van der Waals surface area contributed by atoms with Gasteiger partial charge in [0.15, 0.2) is 0 Å². The number of nitrogens with zero attached hydrogens (tertiary/aromatic N) is 1. The summed E-state index contributed by atoms with van der Waals surface area (Å²) in [5, 5.41) is 9.04. The lowest BCUT2D eigenvalue weighted by atomic mass is 9.95. The van der Waals surface area contributed by atoms with E-state index in [1.807, 2.05) is 17.0 Å². The number of hydrogen-bond donors (Lipinski definition) is 3. The number of benzene rings is 2. The minimum atomic E-state index is -0.188. The summed E-state index contributed by atoms with van der Waals surface area (Å²) in [5.41, 5.74) is 2.68. The molecule has 0 bridgehead atoms. The molecular formula is C28H36N4O3. The molecule has 2 fully saturated rings. The molecule has 7 heteroatoms. The maximum absolute atomic E-state index is 12.7. The van der Waals surface area contributed by atoms with Gasteiger partial charge in [-0.1, -0.05) is 26.2 Å². The molecule has 35 heavy (non-hydrogen) atoms. The largest absolute Gasteiger partial charge is 0.376 e. The van der Waals surface area contributed by atoms with E-state index in [1.54, 1.807) is 36.4 Å². The molecule has 4 rings (SSSR count). The van der Waals surface area contributed by atoms with Crippen molar-refractivity contribution in [3.63, 3.8) is 0 Å². The van der Waals surface area contributed by atoms with Gasteiger partial charge in [0.25, 0.3) is 11.8 Å². The van der Waals surface area contributed by atoms with Gasteiger partial charge in [0.1, 0.15) is 0 Å². The Hall–Kier alpha value is -3.35. The summed E-state index contributed by atoms with van der Waals surface area (Å²) in [7, 11) is 0. The van der Waals surface area contributed by atoms with Crippen LogP contribution in [-0.4, -0.2) is 48.3 Å². The third-order valence-electron chi connectivity index (χ3n) is 7.03. The van der Waals surface area contributed by atoms with E-state index in [0.717, 1.165) is 44.5 Å². The van der Waals surface area contributed by atoms with Crippen molar-refractivity contribution in [1.29, 1.82) is 0 Å². The Labute approximate surface area is 207 Å². The first-order chi connectivity index (χ1) is 17.0. The van der Waals surface area contributed by atoms with E-state index < -0.39 is 0 Å². The van der Waals surface area contributed by atoms with Crippen molar-refractivity contribution < 1.29 is 14.4 Å². The zero-order valence-corrected chi connectivity index (χ0v) is 20.5. The summed E-state index contributed by atoms with van der Waals surface area (Å²) < 4.78 is 0. The molecule has 0 aromatic heterocycles. The van der Waals surface area contributed by atoms with Crippen molar-refractivity contribution in [2.24, 2.45) is 5.92 Å². The molecule has 7 nitrogen and oxygen atoms in total.